The summed E-state index contributed by atoms with van der Waals surface area (Å²) in [6, 6.07) is 0. The second-order valence-electron chi connectivity index (χ2n) is 3.34. The molecule has 66 valence electrons. The normalized spacial score (nSPS) is 21.3. The molecular weight excluding hydrogens is 152 g/mol. The van der Waals surface area contributed by atoms with Crippen molar-refractivity contribution in [2.45, 2.75) is 18.8 Å². The van der Waals surface area contributed by atoms with E-state index >= 15 is 0 Å². The van der Waals surface area contributed by atoms with Crippen LogP contribution < -0.4 is 5.32 Å². The number of hydrogen-bond acceptors (Lipinski definition) is 3. The van der Waals surface area contributed by atoms with Crippen LogP contribution in [0.2, 0.25) is 0 Å². The van der Waals surface area contributed by atoms with Gasteiger partial charge in [-0.05, 0) is 19.9 Å². The minimum atomic E-state index is 0.582. The molecule has 0 fully saturated rings. The van der Waals surface area contributed by atoms with Crippen molar-refractivity contribution >= 4 is 0 Å². The number of aromatic nitrogens is 3. The Morgan fingerprint density at radius 3 is 3.25 bits per heavy atom. The van der Waals surface area contributed by atoms with Crippen LogP contribution >= 0.6 is 0 Å². The fourth-order valence-corrected chi connectivity index (χ4v) is 1.89. The Kier molecular flexibility index (Phi) is 1.84. The first-order valence-corrected chi connectivity index (χ1v) is 4.36. The SMILES string of the molecule is CNCC1CCc2c1nnn2C. The van der Waals surface area contributed by atoms with Gasteiger partial charge in [0.2, 0.25) is 0 Å². The molecular formula is C8H14N4. The molecule has 1 aliphatic carbocycles. The molecule has 0 amide bonds. The second kappa shape index (κ2) is 2.86. The molecule has 0 spiro atoms. The number of likely N-dealkylation sites (N-methyl/N-ethyl adjacent to an activating group) is 1. The molecule has 1 unspecified atom stereocenters. The van der Waals surface area contributed by atoms with E-state index in [0.29, 0.717) is 5.92 Å². The van der Waals surface area contributed by atoms with Gasteiger partial charge in [-0.15, -0.1) is 5.10 Å². The van der Waals surface area contributed by atoms with E-state index in [1.165, 1.54) is 17.8 Å². The summed E-state index contributed by atoms with van der Waals surface area (Å²) in [5, 5.41) is 11.4. The molecule has 1 aromatic rings. The molecule has 1 aliphatic rings. The lowest BCUT2D eigenvalue weighted by atomic mass is 10.1. The number of hydrogen-bond donors (Lipinski definition) is 1. The predicted octanol–water partition coefficient (Wildman–Crippen LogP) is 0.0643. The summed E-state index contributed by atoms with van der Waals surface area (Å²) in [6.45, 7) is 1.02. The molecule has 4 nitrogen and oxygen atoms in total. The molecule has 4 heteroatoms. The van der Waals surface area contributed by atoms with E-state index in [-0.39, 0.29) is 0 Å². The van der Waals surface area contributed by atoms with Crippen molar-refractivity contribution in [2.75, 3.05) is 13.6 Å². The van der Waals surface area contributed by atoms with Gasteiger partial charge in [0.05, 0.1) is 11.4 Å². The van der Waals surface area contributed by atoms with Crippen LogP contribution in [0.5, 0.6) is 0 Å². The summed E-state index contributed by atoms with van der Waals surface area (Å²) in [7, 11) is 3.95. The summed E-state index contributed by atoms with van der Waals surface area (Å²) < 4.78 is 1.89. The highest BCUT2D eigenvalue weighted by molar-refractivity contribution is 5.21. The molecule has 0 radical (unpaired) electrons. The van der Waals surface area contributed by atoms with Crippen LogP contribution in [0, 0.1) is 0 Å². The lowest BCUT2D eigenvalue weighted by molar-refractivity contribution is 0.585. The predicted molar refractivity (Wildman–Crippen MR) is 46.0 cm³/mol. The van der Waals surface area contributed by atoms with Crippen LogP contribution in [0.15, 0.2) is 0 Å². The molecule has 1 heterocycles. The quantitative estimate of drug-likeness (QED) is 0.675. The molecule has 12 heavy (non-hydrogen) atoms. The Labute approximate surface area is 72.0 Å². The highest BCUT2D eigenvalue weighted by Crippen LogP contribution is 2.29. The Hall–Kier alpha value is -0.900. The third kappa shape index (κ3) is 1.03. The van der Waals surface area contributed by atoms with E-state index in [1.807, 2.05) is 18.8 Å². The van der Waals surface area contributed by atoms with Crippen LogP contribution in [0.25, 0.3) is 0 Å². The molecule has 0 saturated carbocycles. The van der Waals surface area contributed by atoms with Gasteiger partial charge < -0.3 is 5.32 Å². The third-order valence-corrected chi connectivity index (χ3v) is 2.54. The minimum absolute atomic E-state index is 0.582. The number of fused-ring (bicyclic) bond motifs is 1. The van der Waals surface area contributed by atoms with Gasteiger partial charge in [-0.1, -0.05) is 5.21 Å². The average Bonchev–Trinajstić information content (AvgIpc) is 2.58. The summed E-state index contributed by atoms with van der Waals surface area (Å²) in [5.41, 5.74) is 2.52. The molecule has 1 atom stereocenters. The summed E-state index contributed by atoms with van der Waals surface area (Å²) in [5.74, 6) is 0.582. The maximum Gasteiger partial charge on any atom is 0.0902 e. The molecule has 1 aromatic heterocycles. The standard InChI is InChI=1S/C8H14N4/c1-9-5-6-3-4-7-8(6)10-11-12(7)2/h6,9H,3-5H2,1-2H3. The highest BCUT2D eigenvalue weighted by Gasteiger charge is 2.26. The van der Waals surface area contributed by atoms with E-state index in [1.54, 1.807) is 0 Å². The summed E-state index contributed by atoms with van der Waals surface area (Å²) in [4.78, 5) is 0. The van der Waals surface area contributed by atoms with Gasteiger partial charge in [-0.3, -0.25) is 4.68 Å². The van der Waals surface area contributed by atoms with Gasteiger partial charge in [-0.2, -0.15) is 0 Å². The van der Waals surface area contributed by atoms with E-state index in [0.717, 1.165) is 13.0 Å². The Morgan fingerprint density at radius 1 is 1.67 bits per heavy atom. The number of nitrogens with zero attached hydrogens (tertiary/aromatic N) is 3. The molecule has 0 saturated heterocycles. The van der Waals surface area contributed by atoms with Crippen molar-refractivity contribution in [1.29, 1.82) is 0 Å². The van der Waals surface area contributed by atoms with Crippen molar-refractivity contribution in [3.63, 3.8) is 0 Å². The van der Waals surface area contributed by atoms with Crippen molar-refractivity contribution < 1.29 is 0 Å². The van der Waals surface area contributed by atoms with Gasteiger partial charge in [-0.25, -0.2) is 0 Å². The van der Waals surface area contributed by atoms with Crippen molar-refractivity contribution in [2.24, 2.45) is 7.05 Å². The van der Waals surface area contributed by atoms with Crippen LogP contribution in [0.1, 0.15) is 23.7 Å². The average molecular weight is 166 g/mol. The van der Waals surface area contributed by atoms with Gasteiger partial charge in [0.1, 0.15) is 0 Å². The zero-order valence-electron chi connectivity index (χ0n) is 7.54. The number of aryl methyl sites for hydroxylation is 1. The maximum atomic E-state index is 4.17. The van der Waals surface area contributed by atoms with Crippen LogP contribution in [0.3, 0.4) is 0 Å². The smallest absolute Gasteiger partial charge is 0.0902 e. The fraction of sp³-hybridized carbons (Fsp3) is 0.750. The van der Waals surface area contributed by atoms with Gasteiger partial charge in [0.25, 0.3) is 0 Å². The third-order valence-electron chi connectivity index (χ3n) is 2.54. The first kappa shape index (κ1) is 7.73. The van der Waals surface area contributed by atoms with Gasteiger partial charge >= 0.3 is 0 Å². The molecule has 1 N–H and O–H groups in total. The maximum absolute atomic E-state index is 4.17. The fourth-order valence-electron chi connectivity index (χ4n) is 1.89. The van der Waals surface area contributed by atoms with E-state index in [9.17, 15) is 0 Å². The van der Waals surface area contributed by atoms with Crippen molar-refractivity contribution in [3.05, 3.63) is 11.4 Å². The monoisotopic (exact) mass is 166 g/mol. The summed E-state index contributed by atoms with van der Waals surface area (Å²) >= 11 is 0. The Morgan fingerprint density at radius 2 is 2.50 bits per heavy atom. The zero-order chi connectivity index (χ0) is 8.55. The largest absolute Gasteiger partial charge is 0.319 e. The number of rotatable bonds is 2. The first-order chi connectivity index (χ1) is 5.83. The van der Waals surface area contributed by atoms with Gasteiger partial charge in [0, 0.05) is 19.5 Å². The molecule has 0 aliphatic heterocycles. The lowest BCUT2D eigenvalue weighted by Gasteiger charge is -2.05. The Bertz CT molecular complexity index is 279. The van der Waals surface area contributed by atoms with Gasteiger partial charge in [0.15, 0.2) is 0 Å². The molecule has 0 aromatic carbocycles. The second-order valence-corrected chi connectivity index (χ2v) is 3.34. The van der Waals surface area contributed by atoms with E-state index < -0.39 is 0 Å². The number of nitrogens with one attached hydrogen (secondary N) is 1. The Balaban J connectivity index is 2.24. The minimum Gasteiger partial charge on any atom is -0.319 e. The van der Waals surface area contributed by atoms with E-state index in [4.69, 9.17) is 0 Å². The highest BCUT2D eigenvalue weighted by atomic mass is 15.4. The topological polar surface area (TPSA) is 42.7 Å². The summed E-state index contributed by atoms with van der Waals surface area (Å²) in [6.07, 6.45) is 2.35. The zero-order valence-corrected chi connectivity index (χ0v) is 7.54. The molecule has 2 rings (SSSR count). The van der Waals surface area contributed by atoms with E-state index in [2.05, 4.69) is 15.6 Å². The van der Waals surface area contributed by atoms with Crippen LogP contribution in [-0.4, -0.2) is 28.6 Å². The van der Waals surface area contributed by atoms with Crippen LogP contribution in [-0.2, 0) is 13.5 Å². The lowest BCUT2D eigenvalue weighted by Crippen LogP contribution is -2.15. The molecule has 0 bridgehead atoms. The van der Waals surface area contributed by atoms with Crippen molar-refractivity contribution in [3.8, 4) is 0 Å². The first-order valence-electron chi connectivity index (χ1n) is 4.36. The van der Waals surface area contributed by atoms with Crippen molar-refractivity contribution in [1.82, 2.24) is 20.3 Å². The van der Waals surface area contributed by atoms with Crippen LogP contribution in [0.4, 0.5) is 0 Å².